The summed E-state index contributed by atoms with van der Waals surface area (Å²) in [4.78, 5) is 4.71. The average Bonchev–Trinajstić information content (AvgIpc) is 2.74. The van der Waals surface area contributed by atoms with Crippen molar-refractivity contribution in [3.05, 3.63) is 40.0 Å². The molecule has 0 radical (unpaired) electrons. The Morgan fingerprint density at radius 2 is 2.18 bits per heavy atom. The first kappa shape index (κ1) is 11.0. The minimum atomic E-state index is 0.0332. The van der Waals surface area contributed by atoms with Crippen molar-refractivity contribution in [1.29, 1.82) is 0 Å². The molecule has 0 saturated heterocycles. The molecule has 2 aromatic rings. The highest BCUT2D eigenvalue weighted by Gasteiger charge is 2.21. The molecule has 0 bridgehead atoms. The number of fused-ring (bicyclic) bond motifs is 2. The van der Waals surface area contributed by atoms with Crippen molar-refractivity contribution in [3.63, 3.8) is 0 Å². The SMILES string of the molecule is CC(N)c1c2c(nc3c(Cl)cccc13)CCC2. The normalized spacial score (nSPS) is 16.2. The van der Waals surface area contributed by atoms with Crippen molar-refractivity contribution in [3.8, 4) is 0 Å². The number of rotatable bonds is 1. The number of aryl methyl sites for hydroxylation is 1. The van der Waals surface area contributed by atoms with Gasteiger partial charge < -0.3 is 5.73 Å². The molecule has 1 aliphatic rings. The summed E-state index contributed by atoms with van der Waals surface area (Å²) < 4.78 is 0. The van der Waals surface area contributed by atoms with Gasteiger partial charge in [0, 0.05) is 17.1 Å². The van der Waals surface area contributed by atoms with Gasteiger partial charge in [0.2, 0.25) is 0 Å². The lowest BCUT2D eigenvalue weighted by Crippen LogP contribution is -2.10. The van der Waals surface area contributed by atoms with E-state index in [9.17, 15) is 0 Å². The van der Waals surface area contributed by atoms with E-state index in [1.807, 2.05) is 19.1 Å². The van der Waals surface area contributed by atoms with E-state index in [0.29, 0.717) is 0 Å². The molecule has 0 saturated carbocycles. The monoisotopic (exact) mass is 246 g/mol. The maximum atomic E-state index is 6.23. The van der Waals surface area contributed by atoms with Gasteiger partial charge in [-0.3, -0.25) is 4.98 Å². The maximum Gasteiger partial charge on any atom is 0.0894 e. The highest BCUT2D eigenvalue weighted by molar-refractivity contribution is 6.35. The summed E-state index contributed by atoms with van der Waals surface area (Å²) in [6.07, 6.45) is 3.33. The molecule has 1 atom stereocenters. The number of pyridine rings is 1. The van der Waals surface area contributed by atoms with Gasteiger partial charge in [0.1, 0.15) is 0 Å². The third-order valence-corrected chi connectivity index (χ3v) is 3.80. The van der Waals surface area contributed by atoms with Crippen LogP contribution in [0, 0.1) is 0 Å². The zero-order valence-corrected chi connectivity index (χ0v) is 10.6. The quantitative estimate of drug-likeness (QED) is 0.838. The molecule has 2 nitrogen and oxygen atoms in total. The summed E-state index contributed by atoms with van der Waals surface area (Å²) in [7, 11) is 0. The Bertz CT molecular complexity index is 590. The number of para-hydroxylation sites is 1. The van der Waals surface area contributed by atoms with Crippen molar-refractivity contribution in [2.45, 2.75) is 32.2 Å². The van der Waals surface area contributed by atoms with Crippen molar-refractivity contribution in [1.82, 2.24) is 4.98 Å². The lowest BCUT2D eigenvalue weighted by Gasteiger charge is -2.15. The molecule has 0 spiro atoms. The molecular formula is C14H15ClN2. The maximum absolute atomic E-state index is 6.23. The fourth-order valence-electron chi connectivity index (χ4n) is 2.81. The Labute approximate surface area is 106 Å². The van der Waals surface area contributed by atoms with E-state index in [2.05, 4.69) is 6.07 Å². The highest BCUT2D eigenvalue weighted by Crippen LogP contribution is 2.35. The van der Waals surface area contributed by atoms with E-state index in [-0.39, 0.29) is 6.04 Å². The van der Waals surface area contributed by atoms with Gasteiger partial charge in [-0.15, -0.1) is 0 Å². The Morgan fingerprint density at radius 1 is 1.35 bits per heavy atom. The van der Waals surface area contributed by atoms with Crippen LogP contribution in [0.3, 0.4) is 0 Å². The first-order valence-corrected chi connectivity index (χ1v) is 6.41. The molecule has 0 fully saturated rings. The van der Waals surface area contributed by atoms with E-state index < -0.39 is 0 Å². The Hall–Kier alpha value is -1.12. The molecule has 88 valence electrons. The molecule has 1 heterocycles. The summed E-state index contributed by atoms with van der Waals surface area (Å²) in [5.74, 6) is 0. The second-order valence-electron chi connectivity index (χ2n) is 4.73. The van der Waals surface area contributed by atoms with Crippen LogP contribution in [0.4, 0.5) is 0 Å². The number of halogens is 1. The van der Waals surface area contributed by atoms with Crippen LogP contribution < -0.4 is 5.73 Å². The third-order valence-electron chi connectivity index (χ3n) is 3.49. The fraction of sp³-hybridized carbons (Fsp3) is 0.357. The number of nitrogens with zero attached hydrogens (tertiary/aromatic N) is 1. The van der Waals surface area contributed by atoms with Crippen molar-refractivity contribution in [2.75, 3.05) is 0 Å². The smallest absolute Gasteiger partial charge is 0.0894 e. The molecule has 0 amide bonds. The van der Waals surface area contributed by atoms with Gasteiger partial charge in [0.25, 0.3) is 0 Å². The van der Waals surface area contributed by atoms with Crippen LogP contribution >= 0.6 is 11.6 Å². The van der Waals surface area contributed by atoms with Crippen molar-refractivity contribution >= 4 is 22.5 Å². The molecule has 1 aromatic carbocycles. The van der Waals surface area contributed by atoms with Gasteiger partial charge in [-0.1, -0.05) is 23.7 Å². The Kier molecular flexibility index (Phi) is 2.57. The minimum absolute atomic E-state index is 0.0332. The molecule has 3 heteroatoms. The van der Waals surface area contributed by atoms with Crippen LogP contribution in [-0.4, -0.2) is 4.98 Å². The van der Waals surface area contributed by atoms with Gasteiger partial charge in [-0.2, -0.15) is 0 Å². The molecular weight excluding hydrogens is 232 g/mol. The highest BCUT2D eigenvalue weighted by atomic mass is 35.5. The zero-order chi connectivity index (χ0) is 12.0. The van der Waals surface area contributed by atoms with E-state index in [0.717, 1.165) is 28.8 Å². The Balaban J connectivity index is 2.44. The first-order valence-electron chi connectivity index (χ1n) is 6.04. The molecule has 17 heavy (non-hydrogen) atoms. The van der Waals surface area contributed by atoms with Crippen molar-refractivity contribution in [2.24, 2.45) is 5.73 Å². The van der Waals surface area contributed by atoms with Crippen molar-refractivity contribution < 1.29 is 0 Å². The van der Waals surface area contributed by atoms with Crippen LogP contribution in [-0.2, 0) is 12.8 Å². The summed E-state index contributed by atoms with van der Waals surface area (Å²) in [6.45, 7) is 2.04. The largest absolute Gasteiger partial charge is 0.324 e. The number of aromatic nitrogens is 1. The van der Waals surface area contributed by atoms with Crippen LogP contribution in [0.25, 0.3) is 10.9 Å². The molecule has 3 rings (SSSR count). The fourth-order valence-corrected chi connectivity index (χ4v) is 3.02. The minimum Gasteiger partial charge on any atom is -0.324 e. The molecule has 2 N–H and O–H groups in total. The lowest BCUT2D eigenvalue weighted by molar-refractivity contribution is 0.806. The summed E-state index contributed by atoms with van der Waals surface area (Å²) in [6, 6.07) is 5.97. The van der Waals surface area contributed by atoms with E-state index in [1.165, 1.54) is 23.2 Å². The number of hydrogen-bond donors (Lipinski definition) is 1. The average molecular weight is 247 g/mol. The number of hydrogen-bond acceptors (Lipinski definition) is 2. The van der Waals surface area contributed by atoms with Crippen LogP contribution in [0.15, 0.2) is 18.2 Å². The van der Waals surface area contributed by atoms with E-state index in [4.69, 9.17) is 22.3 Å². The predicted octanol–water partition coefficient (Wildman–Crippen LogP) is 3.40. The first-order chi connectivity index (χ1) is 8.18. The summed E-state index contributed by atoms with van der Waals surface area (Å²) in [5, 5.41) is 1.84. The third kappa shape index (κ3) is 1.63. The second-order valence-corrected chi connectivity index (χ2v) is 5.14. The zero-order valence-electron chi connectivity index (χ0n) is 9.83. The van der Waals surface area contributed by atoms with E-state index in [1.54, 1.807) is 0 Å². The van der Waals surface area contributed by atoms with Gasteiger partial charge in [-0.25, -0.2) is 0 Å². The van der Waals surface area contributed by atoms with Gasteiger partial charge >= 0.3 is 0 Å². The van der Waals surface area contributed by atoms with Gasteiger partial charge in [0.05, 0.1) is 10.5 Å². The molecule has 1 unspecified atom stereocenters. The predicted molar refractivity (Wildman–Crippen MR) is 71.4 cm³/mol. The summed E-state index contributed by atoms with van der Waals surface area (Å²) >= 11 is 6.23. The molecule has 1 aromatic heterocycles. The standard InChI is InChI=1S/C14H15ClN2/c1-8(16)13-9-4-3-7-12(9)17-14-10(13)5-2-6-11(14)15/h2,5-6,8H,3-4,7,16H2,1H3. The lowest BCUT2D eigenvalue weighted by atomic mass is 9.96. The van der Waals surface area contributed by atoms with Gasteiger partial charge in [-0.05, 0) is 43.4 Å². The molecule has 0 aliphatic heterocycles. The van der Waals surface area contributed by atoms with Gasteiger partial charge in [0.15, 0.2) is 0 Å². The van der Waals surface area contributed by atoms with Crippen LogP contribution in [0.1, 0.15) is 36.2 Å². The number of benzene rings is 1. The Morgan fingerprint density at radius 3 is 2.94 bits per heavy atom. The summed E-state index contributed by atoms with van der Waals surface area (Å²) in [5.41, 5.74) is 10.8. The molecule has 1 aliphatic carbocycles. The van der Waals surface area contributed by atoms with Crippen LogP contribution in [0.2, 0.25) is 5.02 Å². The van der Waals surface area contributed by atoms with Crippen LogP contribution in [0.5, 0.6) is 0 Å². The topological polar surface area (TPSA) is 38.9 Å². The number of nitrogens with two attached hydrogens (primary N) is 1. The van der Waals surface area contributed by atoms with E-state index >= 15 is 0 Å². The second kappa shape index (κ2) is 3.97.